The average molecular weight is 493 g/mol. The zero-order valence-corrected chi connectivity index (χ0v) is 21.4. The number of esters is 1. The van der Waals surface area contributed by atoms with Gasteiger partial charge in [0.25, 0.3) is 0 Å². The molecule has 2 aliphatic rings. The summed E-state index contributed by atoms with van der Waals surface area (Å²) in [6.45, 7) is 10.4. The number of nitrogens with zero attached hydrogens (tertiary/aromatic N) is 2. The molecule has 1 saturated heterocycles. The van der Waals surface area contributed by atoms with E-state index in [1.807, 2.05) is 49.4 Å². The second-order valence-electron chi connectivity index (χ2n) is 8.90. The SMILES string of the molecule is CCOC(=O)C1=C(CN2CCN(c3ccccc3OCC)CC2)NC(=O)N[C@@H]1c1ccc(CC)cc1. The van der Waals surface area contributed by atoms with Crippen LogP contribution in [-0.2, 0) is 16.0 Å². The lowest BCUT2D eigenvalue weighted by atomic mass is 9.94. The van der Waals surface area contributed by atoms with Crippen molar-refractivity contribution in [3.8, 4) is 5.75 Å². The lowest BCUT2D eigenvalue weighted by Crippen LogP contribution is -2.51. The lowest BCUT2D eigenvalue weighted by molar-refractivity contribution is -0.139. The Morgan fingerprint density at radius 1 is 0.972 bits per heavy atom. The van der Waals surface area contributed by atoms with E-state index in [0.29, 0.717) is 24.4 Å². The second kappa shape index (κ2) is 11.9. The van der Waals surface area contributed by atoms with Crippen LogP contribution in [0.2, 0.25) is 0 Å². The Labute approximate surface area is 213 Å². The van der Waals surface area contributed by atoms with E-state index in [2.05, 4.69) is 33.4 Å². The summed E-state index contributed by atoms with van der Waals surface area (Å²) in [4.78, 5) is 30.3. The minimum Gasteiger partial charge on any atom is -0.492 e. The standard InChI is InChI=1S/C28H36N4O4/c1-4-20-11-13-21(14-12-20)26-25(27(33)36-6-3)22(29-28(34)30-26)19-31-15-17-32(18-16-31)23-9-7-8-10-24(23)35-5-2/h7-14,26H,4-6,15-19H2,1-3H3,(H2,29,30,34)/t26-/m1/s1. The molecular formula is C28H36N4O4. The summed E-state index contributed by atoms with van der Waals surface area (Å²) in [7, 11) is 0. The Hall–Kier alpha value is -3.52. The van der Waals surface area contributed by atoms with Crippen LogP contribution in [0.1, 0.15) is 37.9 Å². The molecule has 4 rings (SSSR count). The smallest absolute Gasteiger partial charge is 0.338 e. The third-order valence-electron chi connectivity index (χ3n) is 6.63. The highest BCUT2D eigenvalue weighted by molar-refractivity contribution is 5.95. The maximum Gasteiger partial charge on any atom is 0.338 e. The summed E-state index contributed by atoms with van der Waals surface area (Å²) in [6, 6.07) is 15.2. The van der Waals surface area contributed by atoms with E-state index in [9.17, 15) is 9.59 Å². The number of hydrogen-bond acceptors (Lipinski definition) is 6. The van der Waals surface area contributed by atoms with Crippen LogP contribution in [-0.4, -0.2) is 62.8 Å². The van der Waals surface area contributed by atoms with E-state index >= 15 is 0 Å². The van der Waals surface area contributed by atoms with Gasteiger partial charge in [-0.05, 0) is 43.5 Å². The fraction of sp³-hybridized carbons (Fsp3) is 0.429. The summed E-state index contributed by atoms with van der Waals surface area (Å²) < 4.78 is 11.2. The van der Waals surface area contributed by atoms with Crippen molar-refractivity contribution in [1.29, 1.82) is 0 Å². The Morgan fingerprint density at radius 3 is 2.36 bits per heavy atom. The zero-order chi connectivity index (χ0) is 25.5. The van der Waals surface area contributed by atoms with E-state index in [4.69, 9.17) is 9.47 Å². The molecule has 2 aromatic rings. The first-order valence-corrected chi connectivity index (χ1v) is 12.8. The minimum atomic E-state index is -0.557. The first-order valence-electron chi connectivity index (χ1n) is 12.8. The van der Waals surface area contributed by atoms with Crippen LogP contribution < -0.4 is 20.3 Å². The van der Waals surface area contributed by atoms with E-state index < -0.39 is 12.0 Å². The van der Waals surface area contributed by atoms with Gasteiger partial charge in [-0.25, -0.2) is 9.59 Å². The van der Waals surface area contributed by atoms with Crippen LogP contribution in [0.4, 0.5) is 10.5 Å². The van der Waals surface area contributed by atoms with Gasteiger partial charge >= 0.3 is 12.0 Å². The first-order chi connectivity index (χ1) is 17.5. The van der Waals surface area contributed by atoms with Gasteiger partial charge in [-0.15, -0.1) is 0 Å². The highest BCUT2D eigenvalue weighted by Gasteiger charge is 2.34. The fourth-order valence-electron chi connectivity index (χ4n) is 4.75. The molecular weight excluding hydrogens is 456 g/mol. The van der Waals surface area contributed by atoms with Crippen LogP contribution >= 0.6 is 0 Å². The van der Waals surface area contributed by atoms with Gasteiger partial charge < -0.3 is 25.0 Å². The topological polar surface area (TPSA) is 83.1 Å². The summed E-state index contributed by atoms with van der Waals surface area (Å²) >= 11 is 0. The molecule has 0 aromatic heterocycles. The molecule has 1 fully saturated rings. The molecule has 1 atom stereocenters. The molecule has 0 saturated carbocycles. The first kappa shape index (κ1) is 25.6. The molecule has 36 heavy (non-hydrogen) atoms. The average Bonchev–Trinajstić information content (AvgIpc) is 2.89. The number of amides is 2. The number of benzene rings is 2. The van der Waals surface area contributed by atoms with E-state index in [0.717, 1.165) is 49.6 Å². The number of aryl methyl sites for hydroxylation is 1. The molecule has 8 heteroatoms. The normalized spacial score (nSPS) is 18.5. The number of rotatable bonds is 9. The Balaban J connectivity index is 1.54. The second-order valence-corrected chi connectivity index (χ2v) is 8.90. The number of nitrogens with one attached hydrogen (secondary N) is 2. The van der Waals surface area contributed by atoms with Crippen molar-refractivity contribution in [2.45, 2.75) is 33.2 Å². The molecule has 0 unspecified atom stereocenters. The van der Waals surface area contributed by atoms with Crippen molar-refractivity contribution in [3.63, 3.8) is 0 Å². The predicted molar refractivity (Wildman–Crippen MR) is 140 cm³/mol. The molecule has 2 aromatic carbocycles. The largest absolute Gasteiger partial charge is 0.492 e. The number of carbonyl (C=O) groups is 2. The molecule has 2 aliphatic heterocycles. The van der Waals surface area contributed by atoms with Crippen LogP contribution in [0.25, 0.3) is 0 Å². The number of urea groups is 1. The Morgan fingerprint density at radius 2 is 1.69 bits per heavy atom. The van der Waals surface area contributed by atoms with Gasteiger partial charge in [0.05, 0.1) is 30.5 Å². The number of piperazine rings is 1. The van der Waals surface area contributed by atoms with Gasteiger partial charge in [-0.3, -0.25) is 4.90 Å². The van der Waals surface area contributed by atoms with Crippen LogP contribution in [0.3, 0.4) is 0 Å². The molecule has 0 spiro atoms. The minimum absolute atomic E-state index is 0.267. The van der Waals surface area contributed by atoms with Crippen molar-refractivity contribution in [3.05, 3.63) is 70.9 Å². The van der Waals surface area contributed by atoms with Gasteiger partial charge in [0.1, 0.15) is 5.75 Å². The van der Waals surface area contributed by atoms with E-state index in [1.165, 1.54) is 5.56 Å². The van der Waals surface area contributed by atoms with Crippen molar-refractivity contribution in [2.24, 2.45) is 0 Å². The number of carbonyl (C=O) groups excluding carboxylic acids is 2. The summed E-state index contributed by atoms with van der Waals surface area (Å²) in [5.41, 5.74) is 4.22. The van der Waals surface area contributed by atoms with E-state index in [1.54, 1.807) is 6.92 Å². The third-order valence-corrected chi connectivity index (χ3v) is 6.63. The highest BCUT2D eigenvalue weighted by Crippen LogP contribution is 2.31. The number of anilines is 1. The third kappa shape index (κ3) is 5.82. The van der Waals surface area contributed by atoms with Gasteiger partial charge in [-0.1, -0.05) is 43.3 Å². The lowest BCUT2D eigenvalue weighted by Gasteiger charge is -2.38. The number of para-hydroxylation sites is 2. The van der Waals surface area contributed by atoms with Crippen molar-refractivity contribution >= 4 is 17.7 Å². The molecule has 2 amide bonds. The molecule has 0 radical (unpaired) electrons. The summed E-state index contributed by atoms with van der Waals surface area (Å²) in [5, 5.41) is 5.82. The molecule has 0 aliphatic carbocycles. The molecule has 2 heterocycles. The van der Waals surface area contributed by atoms with Crippen molar-refractivity contribution in [1.82, 2.24) is 15.5 Å². The summed E-state index contributed by atoms with van der Waals surface area (Å²) in [6.07, 6.45) is 0.922. The van der Waals surface area contributed by atoms with Gasteiger partial charge in [0, 0.05) is 38.4 Å². The van der Waals surface area contributed by atoms with Crippen molar-refractivity contribution < 1.29 is 19.1 Å². The van der Waals surface area contributed by atoms with Crippen molar-refractivity contribution in [2.75, 3.05) is 50.8 Å². The van der Waals surface area contributed by atoms with Crippen LogP contribution in [0, 0.1) is 0 Å². The molecule has 0 bridgehead atoms. The number of ether oxygens (including phenoxy) is 2. The maximum atomic E-state index is 13.1. The Kier molecular flexibility index (Phi) is 8.48. The Bertz CT molecular complexity index is 1090. The molecule has 192 valence electrons. The molecule has 8 nitrogen and oxygen atoms in total. The fourth-order valence-corrected chi connectivity index (χ4v) is 4.75. The van der Waals surface area contributed by atoms with Gasteiger partial charge in [0.15, 0.2) is 0 Å². The van der Waals surface area contributed by atoms with Crippen LogP contribution in [0.15, 0.2) is 59.8 Å². The number of hydrogen-bond donors (Lipinski definition) is 2. The van der Waals surface area contributed by atoms with Crippen LogP contribution in [0.5, 0.6) is 5.75 Å². The highest BCUT2D eigenvalue weighted by atomic mass is 16.5. The van der Waals surface area contributed by atoms with Gasteiger partial charge in [0.2, 0.25) is 0 Å². The zero-order valence-electron chi connectivity index (χ0n) is 21.4. The predicted octanol–water partition coefficient (Wildman–Crippen LogP) is 3.64. The molecule has 2 N–H and O–H groups in total. The monoisotopic (exact) mass is 492 g/mol. The van der Waals surface area contributed by atoms with E-state index in [-0.39, 0.29) is 12.6 Å². The summed E-state index contributed by atoms with van der Waals surface area (Å²) in [5.74, 6) is 0.483. The quantitative estimate of drug-likeness (QED) is 0.520. The maximum absolute atomic E-state index is 13.1. The van der Waals surface area contributed by atoms with Gasteiger partial charge in [-0.2, -0.15) is 0 Å².